The summed E-state index contributed by atoms with van der Waals surface area (Å²) in [4.78, 5) is 0. The van der Waals surface area contributed by atoms with E-state index >= 15 is 0 Å². The van der Waals surface area contributed by atoms with E-state index in [9.17, 15) is 0 Å². The summed E-state index contributed by atoms with van der Waals surface area (Å²) in [6.07, 6.45) is 1.33. The quantitative estimate of drug-likeness (QED) is 0.563. The predicted octanol–water partition coefficient (Wildman–Crippen LogP) is 2.11. The van der Waals surface area contributed by atoms with Crippen LogP contribution in [0.5, 0.6) is 5.95 Å². The molecule has 0 saturated carbocycles. The van der Waals surface area contributed by atoms with E-state index in [0.717, 1.165) is 5.76 Å². The Balaban J connectivity index is 2.72. The van der Waals surface area contributed by atoms with E-state index in [2.05, 4.69) is 6.58 Å². The molecule has 2 heteroatoms. The Morgan fingerprint density at radius 1 is 1.67 bits per heavy atom. The lowest BCUT2D eigenvalue weighted by Gasteiger charge is -1.89. The maximum absolute atomic E-state index is 5.03. The van der Waals surface area contributed by atoms with E-state index in [-0.39, 0.29) is 0 Å². The van der Waals surface area contributed by atoms with Crippen LogP contribution in [0.25, 0.3) is 0 Å². The minimum atomic E-state index is 0.488. The van der Waals surface area contributed by atoms with Gasteiger partial charge < -0.3 is 9.15 Å². The van der Waals surface area contributed by atoms with E-state index in [1.165, 1.54) is 6.26 Å². The molecule has 0 atom stereocenters. The van der Waals surface area contributed by atoms with E-state index in [4.69, 9.17) is 9.15 Å². The first-order chi connectivity index (χ1) is 4.33. The minimum absolute atomic E-state index is 0.488. The third-order valence-electron chi connectivity index (χ3n) is 0.915. The molecule has 1 aromatic rings. The highest BCUT2D eigenvalue weighted by atomic mass is 16.6. The van der Waals surface area contributed by atoms with Crippen LogP contribution < -0.4 is 4.74 Å². The van der Waals surface area contributed by atoms with Crippen LogP contribution in [0.1, 0.15) is 5.76 Å². The van der Waals surface area contributed by atoms with Crippen LogP contribution in [0.15, 0.2) is 29.4 Å². The average molecular weight is 124 g/mol. The monoisotopic (exact) mass is 124 g/mol. The summed E-state index contributed by atoms with van der Waals surface area (Å²) in [5, 5.41) is 0. The Morgan fingerprint density at radius 3 is 2.89 bits per heavy atom. The molecule has 0 radical (unpaired) electrons. The van der Waals surface area contributed by atoms with Crippen molar-refractivity contribution in [3.63, 3.8) is 0 Å². The average Bonchev–Trinajstić information content (AvgIpc) is 2.17. The first kappa shape index (κ1) is 5.95. The zero-order valence-corrected chi connectivity index (χ0v) is 5.26. The first-order valence-corrected chi connectivity index (χ1v) is 2.67. The van der Waals surface area contributed by atoms with Gasteiger partial charge in [0, 0.05) is 6.07 Å². The molecule has 0 aliphatic heterocycles. The standard InChI is InChI=1S/C7H8O2/c1-3-8-7-5-4-6(2)9-7/h3-5H,1H2,2H3. The van der Waals surface area contributed by atoms with Crippen molar-refractivity contribution in [3.8, 4) is 5.95 Å². The summed E-state index contributed by atoms with van der Waals surface area (Å²) < 4.78 is 9.85. The maximum atomic E-state index is 5.03. The minimum Gasteiger partial charge on any atom is -0.435 e. The molecular formula is C7H8O2. The second-order valence-electron chi connectivity index (χ2n) is 1.65. The van der Waals surface area contributed by atoms with Crippen LogP contribution in [0, 0.1) is 6.92 Å². The zero-order valence-electron chi connectivity index (χ0n) is 5.26. The summed E-state index contributed by atoms with van der Waals surface area (Å²) in [6, 6.07) is 3.58. The molecule has 0 aliphatic carbocycles. The molecule has 2 nitrogen and oxygen atoms in total. The summed E-state index contributed by atoms with van der Waals surface area (Å²) >= 11 is 0. The summed E-state index contributed by atoms with van der Waals surface area (Å²) in [6.45, 7) is 5.24. The summed E-state index contributed by atoms with van der Waals surface area (Å²) in [5.74, 6) is 1.33. The largest absolute Gasteiger partial charge is 0.435 e. The van der Waals surface area contributed by atoms with Crippen molar-refractivity contribution in [2.24, 2.45) is 0 Å². The van der Waals surface area contributed by atoms with E-state index < -0.39 is 0 Å². The van der Waals surface area contributed by atoms with Gasteiger partial charge >= 0.3 is 0 Å². The van der Waals surface area contributed by atoms with Gasteiger partial charge in [-0.1, -0.05) is 6.58 Å². The highest BCUT2D eigenvalue weighted by Gasteiger charge is 1.93. The van der Waals surface area contributed by atoms with Gasteiger partial charge in [0.25, 0.3) is 5.95 Å². The van der Waals surface area contributed by atoms with Crippen LogP contribution in [-0.2, 0) is 0 Å². The van der Waals surface area contributed by atoms with Crippen molar-refractivity contribution >= 4 is 0 Å². The number of furan rings is 1. The van der Waals surface area contributed by atoms with Gasteiger partial charge in [-0.15, -0.1) is 0 Å². The molecule has 0 fully saturated rings. The molecule has 0 N–H and O–H groups in total. The fourth-order valence-electron chi connectivity index (χ4n) is 0.558. The first-order valence-electron chi connectivity index (χ1n) is 2.67. The van der Waals surface area contributed by atoms with Crippen LogP contribution >= 0.6 is 0 Å². The molecule has 0 amide bonds. The molecule has 9 heavy (non-hydrogen) atoms. The Hall–Kier alpha value is -1.18. The summed E-state index contributed by atoms with van der Waals surface area (Å²) in [7, 11) is 0. The molecule has 0 spiro atoms. The van der Waals surface area contributed by atoms with Gasteiger partial charge in [0.2, 0.25) is 0 Å². The second-order valence-corrected chi connectivity index (χ2v) is 1.65. The smallest absolute Gasteiger partial charge is 0.289 e. The predicted molar refractivity (Wildman–Crippen MR) is 34.3 cm³/mol. The fraction of sp³-hybridized carbons (Fsp3) is 0.143. The number of hydrogen-bond acceptors (Lipinski definition) is 2. The maximum Gasteiger partial charge on any atom is 0.289 e. The highest BCUT2D eigenvalue weighted by Crippen LogP contribution is 2.14. The molecule has 0 saturated heterocycles. The number of hydrogen-bond donors (Lipinski definition) is 0. The molecule has 1 rings (SSSR count). The summed E-state index contributed by atoms with van der Waals surface area (Å²) in [5.41, 5.74) is 0. The fourth-order valence-corrected chi connectivity index (χ4v) is 0.558. The number of ether oxygens (including phenoxy) is 1. The van der Waals surface area contributed by atoms with Gasteiger partial charge in [-0.2, -0.15) is 0 Å². The van der Waals surface area contributed by atoms with Gasteiger partial charge in [0.15, 0.2) is 0 Å². The van der Waals surface area contributed by atoms with E-state index in [1.807, 2.05) is 13.0 Å². The lowest BCUT2D eigenvalue weighted by Crippen LogP contribution is -1.73. The Morgan fingerprint density at radius 2 is 2.44 bits per heavy atom. The van der Waals surface area contributed by atoms with Crippen molar-refractivity contribution in [2.75, 3.05) is 0 Å². The van der Waals surface area contributed by atoms with Crippen molar-refractivity contribution in [1.82, 2.24) is 0 Å². The molecular weight excluding hydrogens is 116 g/mol. The Kier molecular flexibility index (Phi) is 1.58. The van der Waals surface area contributed by atoms with Gasteiger partial charge in [-0.25, -0.2) is 0 Å². The molecule has 0 aromatic carbocycles. The third-order valence-corrected chi connectivity index (χ3v) is 0.915. The van der Waals surface area contributed by atoms with Crippen molar-refractivity contribution in [3.05, 3.63) is 30.7 Å². The van der Waals surface area contributed by atoms with Crippen LogP contribution in [0.2, 0.25) is 0 Å². The van der Waals surface area contributed by atoms with Crippen molar-refractivity contribution in [1.29, 1.82) is 0 Å². The number of aryl methyl sites for hydroxylation is 1. The Labute approximate surface area is 53.7 Å². The molecule has 1 aromatic heterocycles. The lowest BCUT2D eigenvalue weighted by molar-refractivity contribution is 0.337. The Bertz CT molecular complexity index is 200. The SMILES string of the molecule is C=COc1ccc(C)o1. The number of rotatable bonds is 2. The topological polar surface area (TPSA) is 22.4 Å². The van der Waals surface area contributed by atoms with E-state index in [0.29, 0.717) is 5.95 Å². The van der Waals surface area contributed by atoms with Gasteiger partial charge in [0.05, 0.1) is 6.26 Å². The highest BCUT2D eigenvalue weighted by molar-refractivity contribution is 5.10. The van der Waals surface area contributed by atoms with E-state index in [1.54, 1.807) is 6.07 Å². The van der Waals surface area contributed by atoms with Gasteiger partial charge in [-0.3, -0.25) is 0 Å². The van der Waals surface area contributed by atoms with Crippen LogP contribution in [0.3, 0.4) is 0 Å². The molecule has 0 aliphatic rings. The van der Waals surface area contributed by atoms with Gasteiger partial charge in [0.1, 0.15) is 5.76 Å². The van der Waals surface area contributed by atoms with Crippen molar-refractivity contribution < 1.29 is 9.15 Å². The molecule has 1 heterocycles. The lowest BCUT2D eigenvalue weighted by atomic mass is 10.5. The second kappa shape index (κ2) is 2.40. The molecule has 48 valence electrons. The van der Waals surface area contributed by atoms with Crippen molar-refractivity contribution in [2.45, 2.75) is 6.92 Å². The normalized spacial score (nSPS) is 9.00. The third kappa shape index (κ3) is 1.35. The molecule has 0 unspecified atom stereocenters. The van der Waals surface area contributed by atoms with Crippen LogP contribution in [-0.4, -0.2) is 0 Å². The zero-order chi connectivity index (χ0) is 6.69. The van der Waals surface area contributed by atoms with Crippen LogP contribution in [0.4, 0.5) is 0 Å². The molecule has 0 bridgehead atoms. The van der Waals surface area contributed by atoms with Gasteiger partial charge in [-0.05, 0) is 13.0 Å².